The summed E-state index contributed by atoms with van der Waals surface area (Å²) >= 11 is 0. The van der Waals surface area contributed by atoms with Crippen LogP contribution in [0.3, 0.4) is 0 Å². The largest absolute Gasteiger partial charge is 0.352 e. The van der Waals surface area contributed by atoms with E-state index in [0.29, 0.717) is 13.1 Å². The van der Waals surface area contributed by atoms with Gasteiger partial charge < -0.3 is 16.0 Å². The lowest BCUT2D eigenvalue weighted by atomic mass is 9.94. The molecule has 1 aliphatic carbocycles. The minimum absolute atomic E-state index is 0.0386. The van der Waals surface area contributed by atoms with Gasteiger partial charge >= 0.3 is 0 Å². The minimum atomic E-state index is -0.752. The maximum atomic E-state index is 12.4. The molecule has 2 fully saturated rings. The Bertz CT molecular complexity index is 341. The molecule has 2 unspecified atom stereocenters. The molecule has 1 saturated carbocycles. The average Bonchev–Trinajstić information content (AvgIpc) is 2.68. The first-order chi connectivity index (χ1) is 7.94. The van der Waals surface area contributed by atoms with Gasteiger partial charge in [0.05, 0.1) is 5.92 Å². The predicted octanol–water partition coefficient (Wildman–Crippen LogP) is -0.149. The summed E-state index contributed by atoms with van der Waals surface area (Å²) in [5.41, 5.74) is 5.21. The Morgan fingerprint density at radius 1 is 1.47 bits per heavy atom. The molecular formula is C12H21N3O2. The molecule has 5 nitrogen and oxygen atoms in total. The summed E-state index contributed by atoms with van der Waals surface area (Å²) in [6.07, 6.45) is 2.78. The highest BCUT2D eigenvalue weighted by Crippen LogP contribution is 2.29. The van der Waals surface area contributed by atoms with E-state index in [2.05, 4.69) is 5.32 Å². The highest BCUT2D eigenvalue weighted by atomic mass is 16.2. The molecule has 5 heteroatoms. The molecule has 2 amide bonds. The molecule has 0 aromatic carbocycles. The Morgan fingerprint density at radius 3 is 2.76 bits per heavy atom. The van der Waals surface area contributed by atoms with Gasteiger partial charge in [-0.1, -0.05) is 6.42 Å². The number of nitrogens with one attached hydrogen (secondary N) is 1. The first kappa shape index (κ1) is 12.4. The smallest absolute Gasteiger partial charge is 0.245 e. The summed E-state index contributed by atoms with van der Waals surface area (Å²) < 4.78 is 0. The lowest BCUT2D eigenvalue weighted by molar-refractivity contribution is -0.152. The van der Waals surface area contributed by atoms with E-state index < -0.39 is 5.54 Å². The lowest BCUT2D eigenvalue weighted by Gasteiger charge is -2.42. The molecule has 17 heavy (non-hydrogen) atoms. The second-order valence-corrected chi connectivity index (χ2v) is 5.51. The van der Waals surface area contributed by atoms with Gasteiger partial charge in [-0.3, -0.25) is 9.59 Å². The highest BCUT2D eigenvalue weighted by Gasteiger charge is 2.44. The monoisotopic (exact) mass is 239 g/mol. The SMILES string of the molecule is CC1(C)C(=O)NCCN1C(=O)C1CCCC1N. The second-order valence-electron chi connectivity index (χ2n) is 5.51. The summed E-state index contributed by atoms with van der Waals surface area (Å²) in [5.74, 6) is -0.126. The van der Waals surface area contributed by atoms with Gasteiger partial charge in [0.1, 0.15) is 5.54 Å². The molecule has 1 aliphatic heterocycles. The Balaban J connectivity index is 2.15. The molecular weight excluding hydrogens is 218 g/mol. The van der Waals surface area contributed by atoms with E-state index >= 15 is 0 Å². The number of amides is 2. The average molecular weight is 239 g/mol. The van der Waals surface area contributed by atoms with Crippen LogP contribution in [0.15, 0.2) is 0 Å². The zero-order valence-electron chi connectivity index (χ0n) is 10.5. The van der Waals surface area contributed by atoms with Crippen molar-refractivity contribution in [3.63, 3.8) is 0 Å². The maximum absolute atomic E-state index is 12.4. The molecule has 1 saturated heterocycles. The van der Waals surface area contributed by atoms with Gasteiger partial charge in [0, 0.05) is 19.1 Å². The van der Waals surface area contributed by atoms with Crippen LogP contribution in [0, 0.1) is 5.92 Å². The quantitative estimate of drug-likeness (QED) is 0.668. The fraction of sp³-hybridized carbons (Fsp3) is 0.833. The number of hydrogen-bond donors (Lipinski definition) is 2. The van der Waals surface area contributed by atoms with Gasteiger partial charge in [-0.05, 0) is 26.7 Å². The van der Waals surface area contributed by atoms with Crippen LogP contribution in [0.4, 0.5) is 0 Å². The van der Waals surface area contributed by atoms with Crippen molar-refractivity contribution in [3.8, 4) is 0 Å². The summed E-state index contributed by atoms with van der Waals surface area (Å²) in [4.78, 5) is 25.9. The van der Waals surface area contributed by atoms with E-state index in [9.17, 15) is 9.59 Å². The summed E-state index contributed by atoms with van der Waals surface area (Å²) in [7, 11) is 0. The normalized spacial score (nSPS) is 32.4. The fourth-order valence-corrected chi connectivity index (χ4v) is 2.78. The van der Waals surface area contributed by atoms with E-state index in [0.717, 1.165) is 19.3 Å². The molecule has 0 aromatic rings. The van der Waals surface area contributed by atoms with Gasteiger partial charge in [0.15, 0.2) is 0 Å². The Labute approximate surface area is 102 Å². The highest BCUT2D eigenvalue weighted by molar-refractivity contribution is 5.92. The van der Waals surface area contributed by atoms with Crippen LogP contribution in [0.2, 0.25) is 0 Å². The molecule has 0 spiro atoms. The molecule has 2 rings (SSSR count). The van der Waals surface area contributed by atoms with Crippen LogP contribution in [0.25, 0.3) is 0 Å². The van der Waals surface area contributed by atoms with Crippen molar-refractivity contribution in [2.24, 2.45) is 11.7 Å². The van der Waals surface area contributed by atoms with Crippen molar-refractivity contribution in [2.75, 3.05) is 13.1 Å². The minimum Gasteiger partial charge on any atom is -0.352 e. The number of nitrogens with zero attached hydrogens (tertiary/aromatic N) is 1. The second kappa shape index (κ2) is 4.29. The summed E-state index contributed by atoms with van der Waals surface area (Å²) in [6.45, 7) is 4.70. The molecule has 0 radical (unpaired) electrons. The van der Waals surface area contributed by atoms with Gasteiger partial charge in [-0.25, -0.2) is 0 Å². The summed E-state index contributed by atoms with van der Waals surface area (Å²) in [5, 5.41) is 2.79. The third-order valence-electron chi connectivity index (χ3n) is 4.00. The van der Waals surface area contributed by atoms with Gasteiger partial charge in [0.2, 0.25) is 11.8 Å². The predicted molar refractivity (Wildman–Crippen MR) is 64.1 cm³/mol. The first-order valence-electron chi connectivity index (χ1n) is 6.30. The van der Waals surface area contributed by atoms with Crippen LogP contribution in [0.1, 0.15) is 33.1 Å². The number of piperazine rings is 1. The van der Waals surface area contributed by atoms with E-state index in [1.54, 1.807) is 18.7 Å². The van der Waals surface area contributed by atoms with Crippen LogP contribution in [-0.2, 0) is 9.59 Å². The third-order valence-corrected chi connectivity index (χ3v) is 4.00. The fourth-order valence-electron chi connectivity index (χ4n) is 2.78. The molecule has 2 atom stereocenters. The zero-order valence-corrected chi connectivity index (χ0v) is 10.5. The van der Waals surface area contributed by atoms with Crippen LogP contribution >= 0.6 is 0 Å². The number of carbonyl (C=O) groups is 2. The molecule has 0 bridgehead atoms. The molecule has 2 aliphatic rings. The molecule has 3 N–H and O–H groups in total. The third kappa shape index (κ3) is 2.04. The van der Waals surface area contributed by atoms with Gasteiger partial charge in [-0.2, -0.15) is 0 Å². The number of carbonyl (C=O) groups excluding carboxylic acids is 2. The number of rotatable bonds is 1. The number of hydrogen-bond acceptors (Lipinski definition) is 3. The lowest BCUT2D eigenvalue weighted by Crippen LogP contribution is -2.64. The van der Waals surface area contributed by atoms with Gasteiger partial charge in [-0.15, -0.1) is 0 Å². The van der Waals surface area contributed by atoms with Crippen LogP contribution in [0.5, 0.6) is 0 Å². The maximum Gasteiger partial charge on any atom is 0.245 e. The molecule has 0 aromatic heterocycles. The Kier molecular flexibility index (Phi) is 3.12. The summed E-state index contributed by atoms with van der Waals surface area (Å²) in [6, 6.07) is -0.0386. The van der Waals surface area contributed by atoms with Crippen LogP contribution < -0.4 is 11.1 Å². The van der Waals surface area contributed by atoms with Crippen molar-refractivity contribution >= 4 is 11.8 Å². The van der Waals surface area contributed by atoms with Crippen molar-refractivity contribution in [1.82, 2.24) is 10.2 Å². The topological polar surface area (TPSA) is 75.4 Å². The van der Waals surface area contributed by atoms with Crippen molar-refractivity contribution in [1.29, 1.82) is 0 Å². The van der Waals surface area contributed by atoms with Gasteiger partial charge in [0.25, 0.3) is 0 Å². The standard InChI is InChI=1S/C12H21N3O2/c1-12(2)11(17)14-6-7-15(12)10(16)8-4-3-5-9(8)13/h8-9H,3-7,13H2,1-2H3,(H,14,17). The van der Waals surface area contributed by atoms with Crippen LogP contribution in [-0.4, -0.2) is 41.4 Å². The first-order valence-corrected chi connectivity index (χ1v) is 6.30. The van der Waals surface area contributed by atoms with Crippen molar-refractivity contribution < 1.29 is 9.59 Å². The van der Waals surface area contributed by atoms with E-state index in [4.69, 9.17) is 5.73 Å². The van der Waals surface area contributed by atoms with E-state index in [1.807, 2.05) is 0 Å². The Morgan fingerprint density at radius 2 is 2.18 bits per heavy atom. The van der Waals surface area contributed by atoms with E-state index in [1.165, 1.54) is 0 Å². The van der Waals surface area contributed by atoms with E-state index in [-0.39, 0.29) is 23.8 Å². The van der Waals surface area contributed by atoms with Crippen molar-refractivity contribution in [2.45, 2.75) is 44.7 Å². The number of nitrogens with two attached hydrogens (primary N) is 1. The van der Waals surface area contributed by atoms with Crippen molar-refractivity contribution in [3.05, 3.63) is 0 Å². The molecule has 1 heterocycles. The molecule has 96 valence electrons. The zero-order chi connectivity index (χ0) is 12.6. The Hall–Kier alpha value is -1.10.